The summed E-state index contributed by atoms with van der Waals surface area (Å²) in [5, 5.41) is 0. The average Bonchev–Trinajstić information content (AvgIpc) is 3.27. The molecule has 7 unspecified atom stereocenters. The molecule has 2 aliphatic heterocycles. The van der Waals surface area contributed by atoms with Crippen LogP contribution in [0.5, 0.6) is 0 Å². The first kappa shape index (κ1) is 10.2. The fourth-order valence-electron chi connectivity index (χ4n) is 4.35. The topological polar surface area (TPSA) is 51.4 Å². The van der Waals surface area contributed by atoms with Crippen LogP contribution in [-0.2, 0) is 19.0 Å². The Morgan fingerprint density at radius 1 is 1.28 bits per heavy atom. The maximum atomic E-state index is 12.0. The van der Waals surface area contributed by atoms with E-state index in [9.17, 15) is 4.79 Å². The van der Waals surface area contributed by atoms with Crippen LogP contribution in [0, 0.1) is 17.8 Å². The van der Waals surface area contributed by atoms with Gasteiger partial charge < -0.3 is 14.2 Å². The molecule has 0 N–H and O–H groups in total. The van der Waals surface area contributed by atoms with E-state index in [1.807, 2.05) is 0 Å². The Morgan fingerprint density at radius 3 is 2.94 bits per heavy atom. The minimum atomic E-state index is 0.00953. The Hall–Kier alpha value is -0.610. The second-order valence-electron chi connectivity index (χ2n) is 6.76. The number of epoxide rings is 2. The number of rotatable bonds is 3. The maximum absolute atomic E-state index is 12.0. The first-order valence-corrected chi connectivity index (χ1v) is 7.26. The van der Waals surface area contributed by atoms with Gasteiger partial charge in [0.2, 0.25) is 0 Å². The summed E-state index contributed by atoms with van der Waals surface area (Å²) in [6, 6.07) is 0. The van der Waals surface area contributed by atoms with Crippen molar-refractivity contribution >= 4 is 5.97 Å². The minimum absolute atomic E-state index is 0.00953. The zero-order valence-corrected chi connectivity index (χ0v) is 10.3. The van der Waals surface area contributed by atoms with Gasteiger partial charge in [0.15, 0.2) is 0 Å². The third-order valence-corrected chi connectivity index (χ3v) is 5.65. The predicted octanol–water partition coefficient (Wildman–Crippen LogP) is 1.27. The van der Waals surface area contributed by atoms with Crippen LogP contribution in [0.1, 0.15) is 32.1 Å². The molecule has 1 spiro atoms. The van der Waals surface area contributed by atoms with Gasteiger partial charge in [0.1, 0.15) is 5.60 Å². The fraction of sp³-hybridized carbons (Fsp3) is 0.929. The quantitative estimate of drug-likeness (QED) is 0.559. The Balaban J connectivity index is 1.12. The summed E-state index contributed by atoms with van der Waals surface area (Å²) in [5.74, 6) is 1.45. The van der Waals surface area contributed by atoms with Gasteiger partial charge in [0, 0.05) is 5.92 Å². The van der Waals surface area contributed by atoms with E-state index in [1.54, 1.807) is 0 Å². The highest BCUT2D eigenvalue weighted by atomic mass is 16.7. The highest BCUT2D eigenvalue weighted by molar-refractivity contribution is 5.72. The SMILES string of the molecule is O=C(OCC1CC2C3OC23C1)C1CCC2OC2C1. The van der Waals surface area contributed by atoms with Crippen molar-refractivity contribution in [1.82, 2.24) is 0 Å². The first-order chi connectivity index (χ1) is 8.76. The molecule has 2 heterocycles. The summed E-state index contributed by atoms with van der Waals surface area (Å²) in [6.07, 6.45) is 6.59. The fourth-order valence-corrected chi connectivity index (χ4v) is 4.35. The molecule has 5 aliphatic rings. The third kappa shape index (κ3) is 1.31. The molecule has 2 saturated heterocycles. The van der Waals surface area contributed by atoms with Gasteiger partial charge in [-0.25, -0.2) is 0 Å². The zero-order chi connectivity index (χ0) is 11.9. The van der Waals surface area contributed by atoms with E-state index in [0.717, 1.165) is 31.6 Å². The van der Waals surface area contributed by atoms with Crippen molar-refractivity contribution in [2.45, 2.75) is 56.0 Å². The third-order valence-electron chi connectivity index (χ3n) is 5.65. The standard InChI is InChI=1S/C14H18O4/c15-13(8-1-2-10-11(4-8)17-10)16-6-7-3-9-12-14(9,5-7)18-12/h7-12H,1-6H2. The Kier molecular flexibility index (Phi) is 1.76. The normalized spacial score (nSPS) is 58.2. The molecule has 0 aromatic carbocycles. The number of carbonyl (C=O) groups is 1. The van der Waals surface area contributed by atoms with E-state index >= 15 is 0 Å². The van der Waals surface area contributed by atoms with Crippen molar-refractivity contribution in [3.63, 3.8) is 0 Å². The van der Waals surface area contributed by atoms with E-state index in [2.05, 4.69) is 0 Å². The van der Waals surface area contributed by atoms with Crippen LogP contribution in [-0.4, -0.2) is 36.5 Å². The van der Waals surface area contributed by atoms with Gasteiger partial charge in [0.25, 0.3) is 0 Å². The van der Waals surface area contributed by atoms with Crippen LogP contribution in [0.25, 0.3) is 0 Å². The van der Waals surface area contributed by atoms with Crippen LogP contribution in [0.4, 0.5) is 0 Å². The van der Waals surface area contributed by atoms with Gasteiger partial charge >= 0.3 is 5.97 Å². The Morgan fingerprint density at radius 2 is 2.22 bits per heavy atom. The highest BCUT2D eigenvalue weighted by Crippen LogP contribution is 2.74. The van der Waals surface area contributed by atoms with Gasteiger partial charge in [0.05, 0.1) is 30.8 Å². The second kappa shape index (κ2) is 3.10. The predicted molar refractivity (Wildman–Crippen MR) is 60.8 cm³/mol. The molecular formula is C14H18O4. The van der Waals surface area contributed by atoms with E-state index < -0.39 is 0 Å². The summed E-state index contributed by atoms with van der Waals surface area (Å²) in [4.78, 5) is 12.0. The maximum Gasteiger partial charge on any atom is 0.309 e. The molecule has 3 saturated carbocycles. The molecule has 5 rings (SSSR count). The summed E-state index contributed by atoms with van der Waals surface area (Å²) < 4.78 is 16.5. The molecule has 7 atom stereocenters. The van der Waals surface area contributed by atoms with E-state index in [1.165, 1.54) is 6.42 Å². The van der Waals surface area contributed by atoms with Crippen LogP contribution in [0.2, 0.25) is 0 Å². The number of esters is 1. The first-order valence-electron chi connectivity index (χ1n) is 7.26. The number of hydrogen-bond acceptors (Lipinski definition) is 4. The summed E-state index contributed by atoms with van der Waals surface area (Å²) in [7, 11) is 0. The molecular weight excluding hydrogens is 232 g/mol. The van der Waals surface area contributed by atoms with Crippen molar-refractivity contribution in [3.8, 4) is 0 Å². The van der Waals surface area contributed by atoms with Crippen molar-refractivity contribution < 1.29 is 19.0 Å². The molecule has 18 heavy (non-hydrogen) atoms. The number of fused-ring (bicyclic) bond motifs is 2. The van der Waals surface area contributed by atoms with Crippen molar-refractivity contribution in [3.05, 3.63) is 0 Å². The molecule has 5 fully saturated rings. The van der Waals surface area contributed by atoms with Gasteiger partial charge in [-0.2, -0.15) is 0 Å². The average molecular weight is 250 g/mol. The minimum Gasteiger partial charge on any atom is -0.465 e. The lowest BCUT2D eigenvalue weighted by Crippen LogP contribution is -2.25. The molecule has 0 radical (unpaired) electrons. The summed E-state index contributed by atoms with van der Waals surface area (Å²) >= 11 is 0. The van der Waals surface area contributed by atoms with Gasteiger partial charge in [-0.3, -0.25) is 4.79 Å². The van der Waals surface area contributed by atoms with Gasteiger partial charge in [-0.15, -0.1) is 0 Å². The summed E-state index contributed by atoms with van der Waals surface area (Å²) in [5.41, 5.74) is 0.275. The van der Waals surface area contributed by atoms with Crippen LogP contribution >= 0.6 is 0 Å². The smallest absolute Gasteiger partial charge is 0.309 e. The highest BCUT2D eigenvalue weighted by Gasteiger charge is 2.84. The van der Waals surface area contributed by atoms with Crippen molar-refractivity contribution in [2.75, 3.05) is 6.61 Å². The van der Waals surface area contributed by atoms with Crippen molar-refractivity contribution in [1.29, 1.82) is 0 Å². The molecule has 0 aromatic heterocycles. The summed E-state index contributed by atoms with van der Waals surface area (Å²) in [6.45, 7) is 0.610. The van der Waals surface area contributed by atoms with E-state index in [-0.39, 0.29) is 17.5 Å². The van der Waals surface area contributed by atoms with Crippen LogP contribution in [0.15, 0.2) is 0 Å². The largest absolute Gasteiger partial charge is 0.465 e. The molecule has 98 valence electrons. The van der Waals surface area contributed by atoms with Gasteiger partial charge in [-0.1, -0.05) is 0 Å². The van der Waals surface area contributed by atoms with Gasteiger partial charge in [-0.05, 0) is 38.0 Å². The molecule has 4 heteroatoms. The lowest BCUT2D eigenvalue weighted by Gasteiger charge is -2.19. The molecule has 0 aromatic rings. The Bertz CT molecular complexity index is 422. The number of carbonyl (C=O) groups excluding carboxylic acids is 1. The lowest BCUT2D eigenvalue weighted by molar-refractivity contribution is -0.150. The lowest BCUT2D eigenvalue weighted by atomic mass is 9.89. The Labute approximate surface area is 106 Å². The number of hydrogen-bond donors (Lipinski definition) is 0. The molecule has 0 amide bonds. The van der Waals surface area contributed by atoms with Crippen molar-refractivity contribution in [2.24, 2.45) is 17.8 Å². The van der Waals surface area contributed by atoms with E-state index in [0.29, 0.717) is 30.8 Å². The molecule has 0 bridgehead atoms. The monoisotopic (exact) mass is 250 g/mol. The van der Waals surface area contributed by atoms with E-state index in [4.69, 9.17) is 14.2 Å². The zero-order valence-electron chi connectivity index (χ0n) is 10.3. The molecule has 4 nitrogen and oxygen atoms in total. The van der Waals surface area contributed by atoms with Crippen LogP contribution < -0.4 is 0 Å². The molecule has 3 aliphatic carbocycles. The van der Waals surface area contributed by atoms with Crippen LogP contribution in [0.3, 0.4) is 0 Å². The number of ether oxygens (including phenoxy) is 3. The second-order valence-corrected chi connectivity index (χ2v) is 6.76.